The first kappa shape index (κ1) is 33.0. The summed E-state index contributed by atoms with van der Waals surface area (Å²) in [5.74, 6) is -0.846. The lowest BCUT2D eigenvalue weighted by Gasteiger charge is -2.32. The van der Waals surface area contributed by atoms with E-state index in [2.05, 4.69) is 5.32 Å². The van der Waals surface area contributed by atoms with Crippen molar-refractivity contribution in [3.63, 3.8) is 0 Å². The fourth-order valence-electron chi connectivity index (χ4n) is 3.91. The average molecular weight is 659 g/mol. The minimum Gasteiger partial charge on any atom is -0.354 e. The molecule has 3 rings (SSSR count). The predicted molar refractivity (Wildman–Crippen MR) is 166 cm³/mol. The van der Waals surface area contributed by atoms with Gasteiger partial charge >= 0.3 is 0 Å². The van der Waals surface area contributed by atoms with Crippen LogP contribution in [0.25, 0.3) is 0 Å². The van der Waals surface area contributed by atoms with Crippen LogP contribution in [0.15, 0.2) is 65.6 Å². The lowest BCUT2D eigenvalue weighted by molar-refractivity contribution is -0.139. The second kappa shape index (κ2) is 14.1. The predicted octanol–water partition coefficient (Wildman–Crippen LogP) is 6.99. The molecule has 1 atom stereocenters. The molecule has 1 N–H and O–H groups in total. The van der Waals surface area contributed by atoms with Gasteiger partial charge in [-0.3, -0.25) is 13.9 Å². The third-order valence-corrected chi connectivity index (χ3v) is 9.60. The van der Waals surface area contributed by atoms with Gasteiger partial charge in [0.1, 0.15) is 12.6 Å². The van der Waals surface area contributed by atoms with Gasteiger partial charge in [-0.2, -0.15) is 0 Å². The fourth-order valence-corrected chi connectivity index (χ4v) is 6.10. The Morgan fingerprint density at radius 1 is 0.878 bits per heavy atom. The molecule has 0 unspecified atom stereocenters. The summed E-state index contributed by atoms with van der Waals surface area (Å²) in [6, 6.07) is 14.7. The van der Waals surface area contributed by atoms with Gasteiger partial charge in [0.25, 0.3) is 10.0 Å². The molecule has 41 heavy (non-hydrogen) atoms. The number of halogens is 4. The van der Waals surface area contributed by atoms with Gasteiger partial charge in [-0.1, -0.05) is 90.1 Å². The summed E-state index contributed by atoms with van der Waals surface area (Å²) in [5.41, 5.74) is 1.49. The SMILES string of the molecule is Cc1ccc(S(=O)(=O)N(CC(=O)N(Cc2ccc(Cl)c(Cl)c2)[C@@H](C)C(=O)NCC(C)C)c2cccc(Cl)c2Cl)cc1. The van der Waals surface area contributed by atoms with Gasteiger partial charge in [-0.05, 0) is 61.7 Å². The van der Waals surface area contributed by atoms with Gasteiger partial charge in [-0.15, -0.1) is 0 Å². The van der Waals surface area contributed by atoms with E-state index in [9.17, 15) is 18.0 Å². The van der Waals surface area contributed by atoms with E-state index >= 15 is 0 Å². The van der Waals surface area contributed by atoms with Crippen LogP contribution in [0.2, 0.25) is 20.1 Å². The minimum atomic E-state index is -4.29. The van der Waals surface area contributed by atoms with E-state index in [1.54, 1.807) is 43.3 Å². The number of sulfonamides is 1. The van der Waals surface area contributed by atoms with E-state index in [-0.39, 0.29) is 44.0 Å². The monoisotopic (exact) mass is 657 g/mol. The Balaban J connectivity index is 2.07. The van der Waals surface area contributed by atoms with Crippen molar-refractivity contribution in [1.82, 2.24) is 10.2 Å². The summed E-state index contributed by atoms with van der Waals surface area (Å²) < 4.78 is 28.8. The zero-order valence-electron chi connectivity index (χ0n) is 23.0. The van der Waals surface area contributed by atoms with Gasteiger partial charge in [0, 0.05) is 13.1 Å². The summed E-state index contributed by atoms with van der Waals surface area (Å²) in [7, 11) is -4.29. The number of rotatable bonds is 11. The highest BCUT2D eigenvalue weighted by Gasteiger charge is 2.33. The molecule has 2 amide bonds. The zero-order chi connectivity index (χ0) is 30.5. The van der Waals surface area contributed by atoms with Gasteiger partial charge in [-0.25, -0.2) is 8.42 Å². The van der Waals surface area contributed by atoms with Crippen LogP contribution in [-0.4, -0.2) is 44.3 Å². The number of aryl methyl sites for hydroxylation is 1. The van der Waals surface area contributed by atoms with E-state index in [1.807, 2.05) is 20.8 Å². The Morgan fingerprint density at radius 2 is 1.54 bits per heavy atom. The second-order valence-corrected chi connectivity index (χ2v) is 13.4. The van der Waals surface area contributed by atoms with Crippen LogP contribution in [0.4, 0.5) is 5.69 Å². The number of carbonyl (C=O) groups excluding carboxylic acids is 2. The summed E-state index contributed by atoms with van der Waals surface area (Å²) in [6.45, 7) is 7.03. The van der Waals surface area contributed by atoms with E-state index < -0.39 is 28.5 Å². The van der Waals surface area contributed by atoms with Crippen LogP contribution >= 0.6 is 46.4 Å². The first-order valence-corrected chi connectivity index (χ1v) is 15.7. The van der Waals surface area contributed by atoms with Crippen molar-refractivity contribution >= 4 is 73.9 Å². The summed E-state index contributed by atoms with van der Waals surface area (Å²) in [5, 5.41) is 3.54. The third kappa shape index (κ3) is 8.30. The molecule has 0 saturated carbocycles. The molecule has 3 aromatic rings. The largest absolute Gasteiger partial charge is 0.354 e. The normalized spacial score (nSPS) is 12.2. The summed E-state index contributed by atoms with van der Waals surface area (Å²) in [4.78, 5) is 28.3. The van der Waals surface area contributed by atoms with Crippen molar-refractivity contribution in [1.29, 1.82) is 0 Å². The van der Waals surface area contributed by atoms with Crippen molar-refractivity contribution in [2.75, 3.05) is 17.4 Å². The minimum absolute atomic E-state index is 0.0273. The highest BCUT2D eigenvalue weighted by molar-refractivity contribution is 7.92. The molecular weight excluding hydrogens is 628 g/mol. The van der Waals surface area contributed by atoms with E-state index in [4.69, 9.17) is 46.4 Å². The molecule has 0 radical (unpaired) electrons. The highest BCUT2D eigenvalue weighted by Crippen LogP contribution is 2.35. The molecule has 12 heteroatoms. The zero-order valence-corrected chi connectivity index (χ0v) is 26.8. The average Bonchev–Trinajstić information content (AvgIpc) is 2.92. The molecule has 220 valence electrons. The van der Waals surface area contributed by atoms with E-state index in [0.717, 1.165) is 9.87 Å². The van der Waals surface area contributed by atoms with Gasteiger partial charge in [0.15, 0.2) is 0 Å². The topological polar surface area (TPSA) is 86.8 Å². The van der Waals surface area contributed by atoms with Gasteiger partial charge in [0.2, 0.25) is 11.8 Å². The lowest BCUT2D eigenvalue weighted by atomic mass is 10.1. The fraction of sp³-hybridized carbons (Fsp3) is 0.310. The van der Waals surface area contributed by atoms with E-state index in [0.29, 0.717) is 17.1 Å². The number of nitrogens with zero attached hydrogens (tertiary/aromatic N) is 2. The molecule has 0 heterocycles. The number of hydrogen-bond donors (Lipinski definition) is 1. The van der Waals surface area contributed by atoms with Gasteiger partial charge in [0.05, 0.1) is 30.7 Å². The molecule has 0 aromatic heterocycles. The number of carbonyl (C=O) groups is 2. The maximum Gasteiger partial charge on any atom is 0.264 e. The Kier molecular flexibility index (Phi) is 11.4. The second-order valence-electron chi connectivity index (χ2n) is 9.98. The third-order valence-electron chi connectivity index (χ3n) is 6.28. The number of hydrogen-bond acceptors (Lipinski definition) is 4. The molecule has 0 aliphatic rings. The Bertz CT molecular complexity index is 1510. The standard InChI is InChI=1S/C29H31Cl4N3O4S/c1-18(2)15-34-29(38)20(4)35(16-21-10-13-23(30)25(32)14-21)27(37)17-36(26-7-5-6-24(31)28(26)33)41(39,40)22-11-8-19(3)9-12-22/h5-14,18,20H,15-17H2,1-4H3,(H,34,38)/t20-/m0/s1. The Hall–Kier alpha value is -2.49. The van der Waals surface area contributed by atoms with Crippen LogP contribution in [0.1, 0.15) is 31.9 Å². The molecule has 3 aromatic carbocycles. The quantitative estimate of drug-likeness (QED) is 0.241. The van der Waals surface area contributed by atoms with Crippen LogP contribution in [0, 0.1) is 12.8 Å². The maximum absolute atomic E-state index is 14.0. The van der Waals surface area contributed by atoms with Crippen molar-refractivity contribution in [3.05, 3.63) is 91.9 Å². The van der Waals surface area contributed by atoms with E-state index in [1.165, 1.54) is 29.2 Å². The van der Waals surface area contributed by atoms with Crippen LogP contribution in [-0.2, 0) is 26.2 Å². The summed E-state index contributed by atoms with van der Waals surface area (Å²) in [6.07, 6.45) is 0. The number of amides is 2. The molecule has 0 fully saturated rings. The number of nitrogens with one attached hydrogen (secondary N) is 1. The number of anilines is 1. The molecule has 0 saturated heterocycles. The molecule has 0 bridgehead atoms. The van der Waals surface area contributed by atoms with Crippen LogP contribution in [0.3, 0.4) is 0 Å². The molecule has 7 nitrogen and oxygen atoms in total. The van der Waals surface area contributed by atoms with Crippen molar-refractivity contribution in [2.24, 2.45) is 5.92 Å². The maximum atomic E-state index is 14.0. The molecule has 0 aliphatic heterocycles. The molecule has 0 spiro atoms. The van der Waals surface area contributed by atoms with Crippen molar-refractivity contribution in [2.45, 2.75) is 45.2 Å². The van der Waals surface area contributed by atoms with Crippen LogP contribution in [0.5, 0.6) is 0 Å². The first-order valence-electron chi connectivity index (χ1n) is 12.8. The number of benzene rings is 3. The smallest absolute Gasteiger partial charge is 0.264 e. The first-order chi connectivity index (χ1) is 19.2. The van der Waals surface area contributed by atoms with Gasteiger partial charge < -0.3 is 10.2 Å². The Labute approximate surface area is 261 Å². The van der Waals surface area contributed by atoms with Crippen molar-refractivity contribution in [3.8, 4) is 0 Å². The Morgan fingerprint density at radius 3 is 2.15 bits per heavy atom. The van der Waals surface area contributed by atoms with Crippen LogP contribution < -0.4 is 9.62 Å². The molecule has 0 aliphatic carbocycles. The lowest BCUT2D eigenvalue weighted by Crippen LogP contribution is -2.51. The molecular formula is C29H31Cl4N3O4S. The van der Waals surface area contributed by atoms with Crippen molar-refractivity contribution < 1.29 is 18.0 Å². The highest BCUT2D eigenvalue weighted by atomic mass is 35.5. The summed E-state index contributed by atoms with van der Waals surface area (Å²) >= 11 is 25.0.